The predicted molar refractivity (Wildman–Crippen MR) is 75.6 cm³/mol. The molecular formula is C16H18FNO3. The fraction of sp³-hybridized carbons (Fsp3) is 0.438. The van der Waals surface area contributed by atoms with Crippen LogP contribution in [0.4, 0.5) is 4.39 Å². The summed E-state index contributed by atoms with van der Waals surface area (Å²) in [7, 11) is 0. The van der Waals surface area contributed by atoms with Gasteiger partial charge in [0.05, 0.1) is 6.04 Å². The molecule has 112 valence electrons. The van der Waals surface area contributed by atoms with Gasteiger partial charge < -0.3 is 4.90 Å². The summed E-state index contributed by atoms with van der Waals surface area (Å²) in [5, 5.41) is 0. The third-order valence-electron chi connectivity index (χ3n) is 3.79. The number of halogens is 1. The Balaban J connectivity index is 2.31. The molecular weight excluding hydrogens is 273 g/mol. The minimum absolute atomic E-state index is 0.0956. The number of rotatable bonds is 4. The molecule has 1 aromatic carbocycles. The average molecular weight is 291 g/mol. The van der Waals surface area contributed by atoms with Crippen molar-refractivity contribution in [2.75, 3.05) is 6.54 Å². The molecule has 0 aromatic heterocycles. The van der Waals surface area contributed by atoms with Crippen molar-refractivity contribution in [3.63, 3.8) is 0 Å². The zero-order valence-electron chi connectivity index (χ0n) is 12.1. The van der Waals surface area contributed by atoms with Crippen molar-refractivity contribution in [3.05, 3.63) is 35.1 Å². The van der Waals surface area contributed by atoms with Crippen molar-refractivity contribution in [2.24, 2.45) is 0 Å². The average Bonchev–Trinajstić information content (AvgIpc) is 2.94. The highest BCUT2D eigenvalue weighted by Gasteiger charge is 2.34. The van der Waals surface area contributed by atoms with Crippen LogP contribution in [0.3, 0.4) is 0 Å². The second-order valence-corrected chi connectivity index (χ2v) is 5.60. The molecule has 1 fully saturated rings. The molecule has 5 heteroatoms. The number of aldehydes is 1. The maximum Gasteiger partial charge on any atom is 0.254 e. The Bertz CT molecular complexity index is 583. The van der Waals surface area contributed by atoms with Crippen LogP contribution >= 0.6 is 0 Å². The van der Waals surface area contributed by atoms with Gasteiger partial charge in [0.2, 0.25) is 5.78 Å². The molecule has 0 bridgehead atoms. The number of hydrogen-bond donors (Lipinski definition) is 0. The van der Waals surface area contributed by atoms with Crippen LogP contribution in [0.15, 0.2) is 18.2 Å². The molecule has 1 aliphatic heterocycles. The zero-order valence-corrected chi connectivity index (χ0v) is 12.1. The Labute approximate surface area is 122 Å². The first-order valence-corrected chi connectivity index (χ1v) is 7.04. The summed E-state index contributed by atoms with van der Waals surface area (Å²) in [5.41, 5.74) is 0.958. The van der Waals surface area contributed by atoms with Gasteiger partial charge >= 0.3 is 0 Å². The number of Topliss-reactive ketones (excluding diaryl/α,β-unsaturated/α-hetero) is 1. The second-order valence-electron chi connectivity index (χ2n) is 5.60. The molecule has 1 aliphatic rings. The molecule has 0 N–H and O–H groups in total. The van der Waals surface area contributed by atoms with Crippen LogP contribution in [0, 0.1) is 5.82 Å². The summed E-state index contributed by atoms with van der Waals surface area (Å²) >= 11 is 0. The van der Waals surface area contributed by atoms with Crippen LogP contribution in [-0.2, 0) is 9.59 Å². The first-order valence-electron chi connectivity index (χ1n) is 7.04. The van der Waals surface area contributed by atoms with Gasteiger partial charge in [-0.15, -0.1) is 0 Å². The van der Waals surface area contributed by atoms with Crippen molar-refractivity contribution in [3.8, 4) is 0 Å². The molecule has 4 nitrogen and oxygen atoms in total. The van der Waals surface area contributed by atoms with E-state index in [1.54, 1.807) is 6.07 Å². The lowest BCUT2D eigenvalue weighted by Crippen LogP contribution is -2.41. The van der Waals surface area contributed by atoms with Crippen molar-refractivity contribution in [1.29, 1.82) is 0 Å². The molecule has 2 rings (SSSR count). The lowest BCUT2D eigenvalue weighted by Gasteiger charge is -2.22. The summed E-state index contributed by atoms with van der Waals surface area (Å²) in [4.78, 5) is 36.1. The van der Waals surface area contributed by atoms with Gasteiger partial charge in [-0.1, -0.05) is 13.8 Å². The Morgan fingerprint density at radius 1 is 1.33 bits per heavy atom. The molecule has 1 heterocycles. The molecule has 1 atom stereocenters. The number of ketones is 1. The first-order chi connectivity index (χ1) is 9.93. The van der Waals surface area contributed by atoms with Crippen molar-refractivity contribution >= 4 is 18.0 Å². The van der Waals surface area contributed by atoms with Gasteiger partial charge in [0, 0.05) is 12.1 Å². The highest BCUT2D eigenvalue weighted by molar-refractivity contribution is 6.28. The minimum Gasteiger partial charge on any atom is -0.328 e. The third-order valence-corrected chi connectivity index (χ3v) is 3.79. The van der Waals surface area contributed by atoms with E-state index < -0.39 is 23.5 Å². The topological polar surface area (TPSA) is 54.5 Å². The van der Waals surface area contributed by atoms with E-state index in [9.17, 15) is 18.8 Å². The van der Waals surface area contributed by atoms with E-state index in [-0.39, 0.29) is 17.8 Å². The van der Waals surface area contributed by atoms with Gasteiger partial charge in [0.1, 0.15) is 5.82 Å². The number of carbonyl (C=O) groups excluding carboxylic acids is 3. The molecule has 1 aromatic rings. The number of amides is 1. The van der Waals surface area contributed by atoms with E-state index >= 15 is 0 Å². The van der Waals surface area contributed by atoms with Gasteiger partial charge in [-0.2, -0.15) is 0 Å². The largest absolute Gasteiger partial charge is 0.328 e. The molecule has 1 unspecified atom stereocenters. The Hall–Kier alpha value is -2.04. The van der Waals surface area contributed by atoms with Crippen LogP contribution in [0.2, 0.25) is 0 Å². The van der Waals surface area contributed by atoms with E-state index in [4.69, 9.17) is 0 Å². The summed E-state index contributed by atoms with van der Waals surface area (Å²) in [6, 6.07) is 3.52. The number of nitrogens with zero attached hydrogens (tertiary/aromatic N) is 1. The maximum atomic E-state index is 13.7. The first kappa shape index (κ1) is 15.4. The highest BCUT2D eigenvalue weighted by Crippen LogP contribution is 2.23. The van der Waals surface area contributed by atoms with E-state index in [1.165, 1.54) is 17.0 Å². The van der Waals surface area contributed by atoms with Crippen molar-refractivity contribution < 1.29 is 18.8 Å². The van der Waals surface area contributed by atoms with E-state index in [0.717, 1.165) is 5.56 Å². The minimum atomic E-state index is -0.708. The van der Waals surface area contributed by atoms with Crippen LogP contribution in [0.1, 0.15) is 48.5 Å². The number of hydrogen-bond acceptors (Lipinski definition) is 3. The molecule has 0 radical (unpaired) electrons. The number of likely N-dealkylation sites (tertiary alicyclic amines) is 1. The third kappa shape index (κ3) is 3.17. The Morgan fingerprint density at radius 3 is 2.67 bits per heavy atom. The lowest BCUT2D eigenvalue weighted by atomic mass is 10.00. The summed E-state index contributed by atoms with van der Waals surface area (Å²) < 4.78 is 13.7. The Morgan fingerprint density at radius 2 is 2.05 bits per heavy atom. The monoisotopic (exact) mass is 291 g/mol. The highest BCUT2D eigenvalue weighted by atomic mass is 19.1. The smallest absolute Gasteiger partial charge is 0.254 e. The summed E-state index contributed by atoms with van der Waals surface area (Å²) in [6.07, 6.45) is 1.40. The lowest BCUT2D eigenvalue weighted by molar-refractivity contribution is -0.132. The number of benzene rings is 1. The van der Waals surface area contributed by atoms with Crippen LogP contribution in [0.5, 0.6) is 0 Å². The van der Waals surface area contributed by atoms with Crippen LogP contribution < -0.4 is 0 Å². The molecule has 0 aliphatic carbocycles. The van der Waals surface area contributed by atoms with E-state index in [2.05, 4.69) is 0 Å². The molecule has 21 heavy (non-hydrogen) atoms. The fourth-order valence-electron chi connectivity index (χ4n) is 2.62. The molecule has 0 spiro atoms. The summed E-state index contributed by atoms with van der Waals surface area (Å²) in [5.74, 6) is -1.37. The van der Waals surface area contributed by atoms with Crippen molar-refractivity contribution in [1.82, 2.24) is 4.90 Å². The Kier molecular flexibility index (Phi) is 4.50. The maximum absolute atomic E-state index is 13.7. The quantitative estimate of drug-likeness (QED) is 0.632. The van der Waals surface area contributed by atoms with Crippen LogP contribution in [-0.4, -0.2) is 35.5 Å². The van der Waals surface area contributed by atoms with Crippen LogP contribution in [0.25, 0.3) is 0 Å². The normalized spacial score (nSPS) is 18.1. The van der Waals surface area contributed by atoms with Gasteiger partial charge in [0.25, 0.3) is 5.91 Å². The standard InChI is InChI=1S/C16H18FNO3/c1-10(2)11-6-12(8-13(17)7-11)16(21)18-5-3-4-14(18)15(20)9-19/h6-10,14H,3-5H2,1-2H3. The van der Waals surface area contributed by atoms with E-state index in [1.807, 2.05) is 13.8 Å². The van der Waals surface area contributed by atoms with Gasteiger partial charge in [0.15, 0.2) is 6.29 Å². The molecule has 0 saturated carbocycles. The molecule has 1 amide bonds. The number of carbonyl (C=O) groups is 3. The fourth-order valence-corrected chi connectivity index (χ4v) is 2.62. The van der Waals surface area contributed by atoms with E-state index in [0.29, 0.717) is 19.4 Å². The van der Waals surface area contributed by atoms with Crippen molar-refractivity contribution in [2.45, 2.75) is 38.6 Å². The zero-order chi connectivity index (χ0) is 15.6. The van der Waals surface area contributed by atoms with Gasteiger partial charge in [-0.3, -0.25) is 14.4 Å². The van der Waals surface area contributed by atoms with Gasteiger partial charge in [-0.05, 0) is 42.5 Å². The summed E-state index contributed by atoms with van der Waals surface area (Å²) in [6.45, 7) is 4.24. The SMILES string of the molecule is CC(C)c1cc(F)cc(C(=O)N2CCCC2C(=O)C=O)c1. The van der Waals surface area contributed by atoms with Gasteiger partial charge in [-0.25, -0.2) is 4.39 Å². The second kappa shape index (κ2) is 6.16. The molecule has 1 saturated heterocycles. The predicted octanol–water partition coefficient (Wildman–Crippen LogP) is 2.32.